The summed E-state index contributed by atoms with van der Waals surface area (Å²) >= 11 is 0. The molecular weight excluding hydrogens is 687 g/mol. The zero-order valence-corrected chi connectivity index (χ0v) is 36.6. The second-order valence-electron chi connectivity index (χ2n) is 17.3. The molecule has 0 radical (unpaired) electrons. The first-order valence-electron chi connectivity index (χ1n) is 19.8. The second kappa shape index (κ2) is 15.5. The Morgan fingerprint density at radius 2 is 0.926 bits per heavy atom. The van der Waals surface area contributed by atoms with Gasteiger partial charge in [-0.05, 0) is 201 Å². The summed E-state index contributed by atoms with van der Waals surface area (Å²) in [7, 11) is 0. The van der Waals surface area contributed by atoms with Crippen molar-refractivity contribution < 1.29 is 59.2 Å². The van der Waals surface area contributed by atoms with Crippen molar-refractivity contribution in [1.29, 1.82) is 0 Å². The largest absolute Gasteiger partial charge is 1.00 e. The summed E-state index contributed by atoms with van der Waals surface area (Å²) in [5.41, 5.74) is 13.6. The minimum Gasteiger partial charge on any atom is -0.870 e. The number of hydrogen-bond acceptors (Lipinski definition) is 6. The van der Waals surface area contributed by atoms with Crippen LogP contribution < -0.4 is 40.2 Å². The number of aliphatic hydroxyl groups excluding tert-OH is 1. The van der Waals surface area contributed by atoms with Crippen LogP contribution in [0.2, 0.25) is 0 Å². The molecule has 4 N–H and O–H groups in total. The molecule has 8 rings (SSSR count). The van der Waals surface area contributed by atoms with E-state index in [2.05, 4.69) is 71.2 Å². The van der Waals surface area contributed by atoms with Crippen molar-refractivity contribution in [1.82, 2.24) is 10.6 Å². The summed E-state index contributed by atoms with van der Waals surface area (Å²) in [6, 6.07) is 4.33. The standard InChI is InChI=1S/C23H31NO2.C22H29NO3.Na.H2O/c1-14-13-15(2)19(17(4)16(14)3)20-18(5)23(24-21(20)25)10-8-22(9-11-23)7-6-12-26-22;1-13-12-14(2)17(16(4)15(13)3)18-19(24)22(23-20(18)25)9-7-21(8-10-22)6-5-11-26-21;;/h13H,6-12H2,1-5H3,(H,24,25);12,24H,5-11H2,1-4H3,(H,23,25);;1H2/q;;+1;/p-1. The molecule has 2 saturated heterocycles. The molecule has 0 atom stereocenters. The van der Waals surface area contributed by atoms with Crippen LogP contribution in [0.3, 0.4) is 0 Å². The molecule has 9 heteroatoms. The Morgan fingerprint density at radius 1 is 0.537 bits per heavy atom. The van der Waals surface area contributed by atoms with Crippen LogP contribution in [-0.4, -0.2) is 57.9 Å². The first-order chi connectivity index (χ1) is 24.6. The van der Waals surface area contributed by atoms with Crippen molar-refractivity contribution >= 4 is 23.0 Å². The molecule has 4 spiro atoms. The minimum absolute atomic E-state index is 0. The van der Waals surface area contributed by atoms with E-state index in [1.165, 1.54) is 51.8 Å². The van der Waals surface area contributed by atoms with Crippen LogP contribution >= 0.6 is 0 Å². The van der Waals surface area contributed by atoms with E-state index >= 15 is 0 Å². The van der Waals surface area contributed by atoms with Crippen molar-refractivity contribution in [2.75, 3.05) is 13.2 Å². The fourth-order valence-corrected chi connectivity index (χ4v) is 10.8. The summed E-state index contributed by atoms with van der Waals surface area (Å²) in [4.78, 5) is 26.0. The van der Waals surface area contributed by atoms with Gasteiger partial charge < -0.3 is 30.7 Å². The van der Waals surface area contributed by atoms with Gasteiger partial charge in [-0.25, -0.2) is 0 Å². The Labute approximate surface area is 344 Å². The first kappa shape index (κ1) is 42.7. The van der Waals surface area contributed by atoms with E-state index < -0.39 is 5.54 Å². The van der Waals surface area contributed by atoms with Crippen molar-refractivity contribution in [3.63, 3.8) is 0 Å². The van der Waals surface area contributed by atoms with Crippen molar-refractivity contribution in [3.05, 3.63) is 79.1 Å². The van der Waals surface area contributed by atoms with Crippen molar-refractivity contribution in [2.45, 2.75) is 162 Å². The van der Waals surface area contributed by atoms with E-state index in [-0.39, 0.29) is 69.3 Å². The summed E-state index contributed by atoms with van der Waals surface area (Å²) in [6.45, 7) is 20.8. The van der Waals surface area contributed by atoms with Gasteiger partial charge in [0.25, 0.3) is 11.8 Å². The van der Waals surface area contributed by atoms with Gasteiger partial charge in [0, 0.05) is 18.8 Å². The summed E-state index contributed by atoms with van der Waals surface area (Å²) in [6.07, 6.45) is 12.0. The Hall–Kier alpha value is -2.46. The fourth-order valence-electron chi connectivity index (χ4n) is 10.8. The van der Waals surface area contributed by atoms with Crippen LogP contribution in [0.1, 0.15) is 140 Å². The number of amides is 2. The van der Waals surface area contributed by atoms with Gasteiger partial charge in [-0.15, -0.1) is 0 Å². The average Bonchev–Trinajstić information content (AvgIpc) is 3.87. The Bertz CT molecular complexity index is 1760. The third-order valence-electron chi connectivity index (χ3n) is 14.6. The number of carbonyl (C=O) groups is 2. The number of ether oxygens (including phenoxy) is 2. The van der Waals surface area contributed by atoms with Gasteiger partial charge in [0.15, 0.2) is 0 Å². The fraction of sp³-hybridized carbons (Fsp3) is 0.600. The number of hydrogen-bond donors (Lipinski definition) is 3. The number of benzene rings is 2. The number of nitrogens with one attached hydrogen (secondary N) is 2. The van der Waals surface area contributed by atoms with E-state index in [9.17, 15) is 14.7 Å². The molecule has 0 unspecified atom stereocenters. The average molecular weight is 749 g/mol. The molecule has 6 aliphatic rings. The molecule has 2 aromatic carbocycles. The van der Waals surface area contributed by atoms with Crippen molar-refractivity contribution in [3.8, 4) is 0 Å². The van der Waals surface area contributed by atoms with Crippen LogP contribution in [0.25, 0.3) is 11.1 Å². The van der Waals surface area contributed by atoms with Gasteiger partial charge >= 0.3 is 29.6 Å². The zero-order chi connectivity index (χ0) is 37.4. The van der Waals surface area contributed by atoms with E-state index in [0.717, 1.165) is 105 Å². The van der Waals surface area contributed by atoms with E-state index in [0.29, 0.717) is 5.57 Å². The molecule has 2 aliphatic carbocycles. The van der Waals surface area contributed by atoms with Crippen LogP contribution in [-0.2, 0) is 19.1 Å². The maximum atomic E-state index is 13.1. The third-order valence-corrected chi connectivity index (χ3v) is 14.6. The van der Waals surface area contributed by atoms with Gasteiger partial charge in [-0.1, -0.05) is 12.1 Å². The van der Waals surface area contributed by atoms with Crippen LogP contribution in [0.5, 0.6) is 0 Å². The zero-order valence-electron chi connectivity index (χ0n) is 34.6. The van der Waals surface area contributed by atoms with E-state index in [4.69, 9.17) is 9.47 Å². The predicted octanol–water partition coefficient (Wildman–Crippen LogP) is 5.69. The van der Waals surface area contributed by atoms with Gasteiger partial charge in [0.1, 0.15) is 5.76 Å². The molecule has 2 saturated carbocycles. The number of aryl methyl sites for hydroxylation is 4. The Kier molecular flexibility index (Phi) is 12.2. The molecule has 2 amide bonds. The number of aliphatic hydroxyl groups is 1. The smallest absolute Gasteiger partial charge is 0.870 e. The molecule has 4 aliphatic heterocycles. The Balaban J connectivity index is 0.000000200. The SMILES string of the molecule is CC1=C(c2c(C)cc(C)c(C)c2C)C(=O)NC12CCC1(CCCO1)CC2.Cc1cc(C)c(C2=C(O)C3(CCC4(CCCO4)CC3)NC2=O)c(C)c1C.[Na+].[OH-]. The molecule has 4 fully saturated rings. The van der Waals surface area contributed by atoms with Gasteiger partial charge in [-0.3, -0.25) is 9.59 Å². The first-order valence-corrected chi connectivity index (χ1v) is 19.8. The molecule has 0 bridgehead atoms. The second-order valence-corrected chi connectivity index (χ2v) is 17.3. The molecule has 8 nitrogen and oxygen atoms in total. The molecule has 54 heavy (non-hydrogen) atoms. The maximum Gasteiger partial charge on any atom is 1.00 e. The molecule has 2 aromatic rings. The maximum absolute atomic E-state index is 13.1. The van der Waals surface area contributed by atoms with Crippen LogP contribution in [0.4, 0.5) is 0 Å². The summed E-state index contributed by atoms with van der Waals surface area (Å²) in [5, 5.41) is 17.7. The predicted molar refractivity (Wildman–Crippen MR) is 209 cm³/mol. The normalized spacial score (nSPS) is 30.2. The van der Waals surface area contributed by atoms with E-state index in [1.807, 2.05) is 13.8 Å². The number of carbonyl (C=O) groups excluding carboxylic acids is 2. The molecule has 0 aromatic heterocycles. The molecular formula is C45H61N2NaO6. The van der Waals surface area contributed by atoms with Crippen LogP contribution in [0.15, 0.2) is 23.5 Å². The summed E-state index contributed by atoms with van der Waals surface area (Å²) < 4.78 is 12.1. The summed E-state index contributed by atoms with van der Waals surface area (Å²) in [5.74, 6) is 0.213. The van der Waals surface area contributed by atoms with Gasteiger partial charge in [0.05, 0.1) is 27.9 Å². The van der Waals surface area contributed by atoms with Gasteiger partial charge in [-0.2, -0.15) is 0 Å². The van der Waals surface area contributed by atoms with E-state index in [1.54, 1.807) is 0 Å². The quantitative estimate of drug-likeness (QED) is 0.339. The monoisotopic (exact) mass is 748 g/mol. The van der Waals surface area contributed by atoms with Crippen molar-refractivity contribution in [2.24, 2.45) is 0 Å². The van der Waals surface area contributed by atoms with Gasteiger partial charge in [0.2, 0.25) is 0 Å². The molecule has 4 heterocycles. The molecule has 288 valence electrons. The topological polar surface area (TPSA) is 127 Å². The minimum atomic E-state index is -0.610. The Morgan fingerprint density at radius 3 is 1.35 bits per heavy atom. The third kappa shape index (κ3) is 6.96. The van der Waals surface area contributed by atoms with Crippen LogP contribution in [0, 0.1) is 55.4 Å². The number of rotatable bonds is 2.